The standard InChI is InChI=1S/C11H14F3N3/c1-6(2)5-16-11(15)17-8-4-3-7(12)9(13)10(8)14/h3-4,6H,5H2,1-2H3,(H3,15,16,17). The number of hydrogen-bond acceptors (Lipinski definition) is 1. The van der Waals surface area contributed by atoms with Crippen molar-refractivity contribution in [2.24, 2.45) is 16.6 Å². The molecule has 6 heteroatoms. The molecule has 0 atom stereocenters. The van der Waals surface area contributed by atoms with Gasteiger partial charge in [0.2, 0.25) is 0 Å². The molecule has 0 aliphatic heterocycles. The Kier molecular flexibility index (Phi) is 4.37. The maximum atomic E-state index is 13.2. The van der Waals surface area contributed by atoms with Gasteiger partial charge in [0.25, 0.3) is 0 Å². The van der Waals surface area contributed by atoms with E-state index in [2.05, 4.69) is 10.3 Å². The fourth-order valence-corrected chi connectivity index (χ4v) is 1.08. The number of rotatable bonds is 3. The third-order valence-corrected chi connectivity index (χ3v) is 1.92. The lowest BCUT2D eigenvalue weighted by molar-refractivity contribution is 0.449. The molecule has 1 aromatic carbocycles. The van der Waals surface area contributed by atoms with Gasteiger partial charge in [0.15, 0.2) is 23.4 Å². The van der Waals surface area contributed by atoms with Crippen molar-refractivity contribution in [3.63, 3.8) is 0 Å². The highest BCUT2D eigenvalue weighted by atomic mass is 19.2. The molecule has 0 saturated heterocycles. The lowest BCUT2D eigenvalue weighted by atomic mass is 10.2. The van der Waals surface area contributed by atoms with Crippen LogP contribution in [-0.2, 0) is 0 Å². The lowest BCUT2D eigenvalue weighted by Gasteiger charge is -2.08. The molecule has 0 heterocycles. The summed E-state index contributed by atoms with van der Waals surface area (Å²) < 4.78 is 38.8. The van der Waals surface area contributed by atoms with Crippen LogP contribution in [0.4, 0.5) is 18.9 Å². The average Bonchev–Trinajstić information content (AvgIpc) is 2.27. The summed E-state index contributed by atoms with van der Waals surface area (Å²) in [6.07, 6.45) is 0. The Morgan fingerprint density at radius 3 is 2.53 bits per heavy atom. The lowest BCUT2D eigenvalue weighted by Crippen LogP contribution is -2.24. The molecule has 94 valence electrons. The predicted octanol–water partition coefficient (Wildman–Crippen LogP) is 2.49. The van der Waals surface area contributed by atoms with Gasteiger partial charge in [-0.15, -0.1) is 0 Å². The van der Waals surface area contributed by atoms with Crippen molar-refractivity contribution in [1.82, 2.24) is 0 Å². The molecule has 0 spiro atoms. The van der Waals surface area contributed by atoms with Gasteiger partial charge in [-0.3, -0.25) is 4.99 Å². The number of hydrogen-bond donors (Lipinski definition) is 2. The summed E-state index contributed by atoms with van der Waals surface area (Å²) in [7, 11) is 0. The van der Waals surface area contributed by atoms with E-state index in [0.29, 0.717) is 12.5 Å². The van der Waals surface area contributed by atoms with Crippen LogP contribution >= 0.6 is 0 Å². The van der Waals surface area contributed by atoms with Crippen LogP contribution in [-0.4, -0.2) is 12.5 Å². The van der Waals surface area contributed by atoms with Crippen LogP contribution in [0.2, 0.25) is 0 Å². The maximum Gasteiger partial charge on any atom is 0.196 e. The topological polar surface area (TPSA) is 50.4 Å². The minimum atomic E-state index is -1.54. The van der Waals surface area contributed by atoms with Crippen molar-refractivity contribution < 1.29 is 13.2 Å². The molecule has 0 aliphatic rings. The van der Waals surface area contributed by atoms with Crippen LogP contribution in [0.25, 0.3) is 0 Å². The fraction of sp³-hybridized carbons (Fsp3) is 0.364. The molecular weight excluding hydrogens is 231 g/mol. The molecular formula is C11H14F3N3. The average molecular weight is 245 g/mol. The summed E-state index contributed by atoms with van der Waals surface area (Å²) in [5.74, 6) is -3.83. The second-order valence-corrected chi connectivity index (χ2v) is 3.97. The monoisotopic (exact) mass is 245 g/mol. The van der Waals surface area contributed by atoms with E-state index < -0.39 is 17.5 Å². The summed E-state index contributed by atoms with van der Waals surface area (Å²) in [6.45, 7) is 4.34. The van der Waals surface area contributed by atoms with Crippen LogP contribution in [0.1, 0.15) is 13.8 Å². The first-order chi connectivity index (χ1) is 7.91. The van der Waals surface area contributed by atoms with Gasteiger partial charge in [-0.05, 0) is 18.1 Å². The van der Waals surface area contributed by atoms with E-state index in [1.807, 2.05) is 13.8 Å². The first kappa shape index (κ1) is 13.3. The van der Waals surface area contributed by atoms with E-state index in [4.69, 9.17) is 5.73 Å². The zero-order chi connectivity index (χ0) is 13.0. The number of halogens is 3. The van der Waals surface area contributed by atoms with Crippen LogP contribution in [0.5, 0.6) is 0 Å². The highest BCUT2D eigenvalue weighted by molar-refractivity contribution is 5.92. The van der Waals surface area contributed by atoms with Gasteiger partial charge >= 0.3 is 0 Å². The van der Waals surface area contributed by atoms with E-state index in [0.717, 1.165) is 12.1 Å². The Balaban J connectivity index is 2.82. The quantitative estimate of drug-likeness (QED) is 0.488. The Morgan fingerprint density at radius 1 is 1.29 bits per heavy atom. The van der Waals surface area contributed by atoms with Crippen LogP contribution in [0.15, 0.2) is 17.1 Å². The Bertz CT molecular complexity index is 430. The molecule has 17 heavy (non-hydrogen) atoms. The maximum absolute atomic E-state index is 13.2. The number of nitrogens with two attached hydrogens (primary N) is 1. The zero-order valence-electron chi connectivity index (χ0n) is 9.60. The molecule has 0 aliphatic carbocycles. The zero-order valence-corrected chi connectivity index (χ0v) is 9.60. The summed E-state index contributed by atoms with van der Waals surface area (Å²) in [5.41, 5.74) is 5.23. The van der Waals surface area contributed by atoms with E-state index in [1.165, 1.54) is 0 Å². The third-order valence-electron chi connectivity index (χ3n) is 1.92. The number of anilines is 1. The van der Waals surface area contributed by atoms with E-state index in [-0.39, 0.29) is 11.6 Å². The number of guanidine groups is 1. The van der Waals surface area contributed by atoms with Crippen molar-refractivity contribution in [2.45, 2.75) is 13.8 Å². The van der Waals surface area contributed by atoms with E-state index >= 15 is 0 Å². The van der Waals surface area contributed by atoms with Crippen LogP contribution < -0.4 is 11.1 Å². The van der Waals surface area contributed by atoms with Gasteiger partial charge in [0.1, 0.15) is 0 Å². The molecule has 0 bridgehead atoms. The van der Waals surface area contributed by atoms with Crippen molar-refractivity contribution in [1.29, 1.82) is 0 Å². The highest BCUT2D eigenvalue weighted by Gasteiger charge is 2.13. The summed E-state index contributed by atoms with van der Waals surface area (Å²) in [5, 5.41) is 2.38. The Labute approximate surface area is 97.5 Å². The molecule has 1 rings (SSSR count). The Morgan fingerprint density at radius 2 is 1.94 bits per heavy atom. The van der Waals surface area contributed by atoms with E-state index in [1.54, 1.807) is 0 Å². The van der Waals surface area contributed by atoms with Gasteiger partial charge in [-0.2, -0.15) is 0 Å². The summed E-state index contributed by atoms with van der Waals surface area (Å²) >= 11 is 0. The van der Waals surface area contributed by atoms with Crippen molar-refractivity contribution in [2.75, 3.05) is 11.9 Å². The molecule has 3 N–H and O–H groups in total. The highest BCUT2D eigenvalue weighted by Crippen LogP contribution is 2.19. The Hall–Kier alpha value is -1.72. The second-order valence-electron chi connectivity index (χ2n) is 3.97. The number of nitrogens with one attached hydrogen (secondary N) is 1. The van der Waals surface area contributed by atoms with Gasteiger partial charge in [0.05, 0.1) is 5.69 Å². The normalized spacial score (nSPS) is 12.0. The number of aliphatic imine (C=N–C) groups is 1. The molecule has 0 saturated carbocycles. The molecule has 0 unspecified atom stereocenters. The second kappa shape index (κ2) is 5.56. The summed E-state index contributed by atoms with van der Waals surface area (Å²) in [4.78, 5) is 3.91. The third kappa shape index (κ3) is 3.65. The molecule has 0 amide bonds. The molecule has 0 radical (unpaired) electrons. The molecule has 0 aromatic heterocycles. The molecule has 0 fully saturated rings. The molecule has 1 aromatic rings. The SMILES string of the molecule is CC(C)CN=C(N)Nc1ccc(F)c(F)c1F. The first-order valence-electron chi connectivity index (χ1n) is 5.12. The predicted molar refractivity (Wildman–Crippen MR) is 61.3 cm³/mol. The summed E-state index contributed by atoms with van der Waals surface area (Å²) in [6, 6.07) is 1.88. The van der Waals surface area contributed by atoms with Crippen molar-refractivity contribution in [3.05, 3.63) is 29.6 Å². The first-order valence-corrected chi connectivity index (χ1v) is 5.12. The number of nitrogens with zero attached hydrogens (tertiary/aromatic N) is 1. The smallest absolute Gasteiger partial charge is 0.196 e. The van der Waals surface area contributed by atoms with Gasteiger partial charge in [-0.25, -0.2) is 13.2 Å². The van der Waals surface area contributed by atoms with Crippen molar-refractivity contribution >= 4 is 11.6 Å². The minimum Gasteiger partial charge on any atom is -0.370 e. The fourth-order valence-electron chi connectivity index (χ4n) is 1.08. The van der Waals surface area contributed by atoms with Crippen molar-refractivity contribution in [3.8, 4) is 0 Å². The largest absolute Gasteiger partial charge is 0.370 e. The minimum absolute atomic E-state index is 0.0383. The van der Waals surface area contributed by atoms with Gasteiger partial charge in [0, 0.05) is 6.54 Å². The number of benzene rings is 1. The van der Waals surface area contributed by atoms with Gasteiger partial charge < -0.3 is 11.1 Å². The van der Waals surface area contributed by atoms with Crippen LogP contribution in [0, 0.1) is 23.4 Å². The van der Waals surface area contributed by atoms with E-state index in [9.17, 15) is 13.2 Å². The van der Waals surface area contributed by atoms with Gasteiger partial charge in [-0.1, -0.05) is 13.8 Å². The van der Waals surface area contributed by atoms with Crippen LogP contribution in [0.3, 0.4) is 0 Å². The molecule has 3 nitrogen and oxygen atoms in total.